The minimum atomic E-state index is 0.580. The fourth-order valence-corrected chi connectivity index (χ4v) is 4.14. The number of halogens is 1. The molecule has 0 radical (unpaired) electrons. The summed E-state index contributed by atoms with van der Waals surface area (Å²) in [7, 11) is 0. The third-order valence-electron chi connectivity index (χ3n) is 4.01. The maximum atomic E-state index is 6.11. The van der Waals surface area contributed by atoms with Gasteiger partial charge in [-0.05, 0) is 48.5 Å². The number of nitrogens with zero attached hydrogens (tertiary/aromatic N) is 1. The molecule has 1 fully saturated rings. The van der Waals surface area contributed by atoms with Crippen LogP contribution in [0.5, 0.6) is 0 Å². The Hall–Kier alpha value is -0.830. The topological polar surface area (TPSA) is 3.24 Å². The molecule has 106 valence electrons. The second-order valence-electron chi connectivity index (χ2n) is 5.48. The smallest absolute Gasteiger partial charge is 0.0445 e. The Kier molecular flexibility index (Phi) is 4.77. The Labute approximate surface area is 130 Å². The van der Waals surface area contributed by atoms with E-state index in [9.17, 15) is 0 Å². The molecule has 3 heteroatoms. The van der Waals surface area contributed by atoms with Gasteiger partial charge in [-0.25, -0.2) is 0 Å². The van der Waals surface area contributed by atoms with Gasteiger partial charge in [-0.2, -0.15) is 0 Å². The molecule has 1 aliphatic rings. The van der Waals surface area contributed by atoms with E-state index in [0.717, 1.165) is 11.6 Å². The van der Waals surface area contributed by atoms with Crippen molar-refractivity contribution in [2.24, 2.45) is 0 Å². The fraction of sp³-hybridized carbons (Fsp3) is 0.412. The van der Waals surface area contributed by atoms with Crippen LogP contribution < -0.4 is 0 Å². The van der Waals surface area contributed by atoms with Gasteiger partial charge in [0.05, 0.1) is 0 Å². The monoisotopic (exact) mass is 305 g/mol. The molecule has 1 aromatic carbocycles. The second-order valence-corrected chi connectivity index (χ2v) is 6.90. The summed E-state index contributed by atoms with van der Waals surface area (Å²) in [5, 5.41) is 3.03. The predicted molar refractivity (Wildman–Crippen MR) is 87.4 cm³/mol. The molecule has 0 bridgehead atoms. The van der Waals surface area contributed by atoms with E-state index in [1.54, 1.807) is 0 Å². The summed E-state index contributed by atoms with van der Waals surface area (Å²) >= 11 is 8.00. The van der Waals surface area contributed by atoms with E-state index in [2.05, 4.69) is 40.6 Å². The normalized spacial score (nSPS) is 20.8. The number of thiophene rings is 1. The Balaban J connectivity index is 1.80. The van der Waals surface area contributed by atoms with Crippen molar-refractivity contribution in [3.05, 3.63) is 57.2 Å². The van der Waals surface area contributed by atoms with Crippen LogP contribution in [0.1, 0.15) is 42.2 Å². The number of benzene rings is 1. The summed E-state index contributed by atoms with van der Waals surface area (Å²) in [6, 6.07) is 13.3. The van der Waals surface area contributed by atoms with Crippen LogP contribution in [0.2, 0.25) is 5.02 Å². The summed E-state index contributed by atoms with van der Waals surface area (Å²) in [4.78, 5) is 4.14. The van der Waals surface area contributed by atoms with Crippen molar-refractivity contribution < 1.29 is 0 Å². The van der Waals surface area contributed by atoms with E-state index in [-0.39, 0.29) is 0 Å². The summed E-state index contributed by atoms with van der Waals surface area (Å²) in [5.74, 6) is 0. The van der Waals surface area contributed by atoms with Crippen LogP contribution in [-0.4, -0.2) is 11.4 Å². The number of rotatable bonds is 3. The molecule has 0 saturated carbocycles. The molecule has 2 aromatic rings. The highest BCUT2D eigenvalue weighted by Crippen LogP contribution is 2.33. The average Bonchev–Trinajstić information content (AvgIpc) is 2.87. The van der Waals surface area contributed by atoms with E-state index in [1.807, 2.05) is 17.4 Å². The summed E-state index contributed by atoms with van der Waals surface area (Å²) in [5.41, 5.74) is 1.32. The third kappa shape index (κ3) is 3.43. The maximum Gasteiger partial charge on any atom is 0.0445 e. The van der Waals surface area contributed by atoms with Crippen LogP contribution in [0.3, 0.4) is 0 Å². The SMILES string of the molecule is Clc1cccc(CN2CCCCC[C@@H]2c2cccs2)c1. The first-order valence-electron chi connectivity index (χ1n) is 7.35. The molecular weight excluding hydrogens is 286 g/mol. The zero-order valence-corrected chi connectivity index (χ0v) is 13.2. The number of hydrogen-bond donors (Lipinski definition) is 0. The quantitative estimate of drug-likeness (QED) is 0.722. The van der Waals surface area contributed by atoms with Crippen LogP contribution in [0.15, 0.2) is 41.8 Å². The Morgan fingerprint density at radius 2 is 2.10 bits per heavy atom. The largest absolute Gasteiger partial charge is 0.291 e. The predicted octanol–water partition coefficient (Wildman–Crippen LogP) is 5.52. The molecule has 0 N–H and O–H groups in total. The van der Waals surface area contributed by atoms with Crippen molar-refractivity contribution in [2.45, 2.75) is 38.3 Å². The molecule has 1 nitrogen and oxygen atoms in total. The van der Waals surface area contributed by atoms with Gasteiger partial charge in [0, 0.05) is 22.5 Å². The first-order chi connectivity index (χ1) is 9.83. The second kappa shape index (κ2) is 6.75. The minimum Gasteiger partial charge on any atom is -0.291 e. The van der Waals surface area contributed by atoms with Crippen molar-refractivity contribution in [1.29, 1.82) is 0 Å². The number of hydrogen-bond acceptors (Lipinski definition) is 2. The molecule has 1 saturated heterocycles. The van der Waals surface area contributed by atoms with Gasteiger partial charge in [-0.3, -0.25) is 4.90 Å². The van der Waals surface area contributed by atoms with E-state index < -0.39 is 0 Å². The van der Waals surface area contributed by atoms with Crippen molar-refractivity contribution in [3.8, 4) is 0 Å². The molecule has 20 heavy (non-hydrogen) atoms. The van der Waals surface area contributed by atoms with Gasteiger partial charge in [0.15, 0.2) is 0 Å². The highest BCUT2D eigenvalue weighted by Gasteiger charge is 2.23. The Morgan fingerprint density at radius 3 is 2.90 bits per heavy atom. The van der Waals surface area contributed by atoms with Crippen LogP contribution in [0.25, 0.3) is 0 Å². The van der Waals surface area contributed by atoms with Crippen LogP contribution >= 0.6 is 22.9 Å². The molecule has 2 heterocycles. The van der Waals surface area contributed by atoms with E-state index in [4.69, 9.17) is 11.6 Å². The average molecular weight is 306 g/mol. The van der Waals surface area contributed by atoms with Gasteiger partial charge in [0.25, 0.3) is 0 Å². The lowest BCUT2D eigenvalue weighted by Gasteiger charge is -2.29. The van der Waals surface area contributed by atoms with Crippen molar-refractivity contribution in [3.63, 3.8) is 0 Å². The zero-order valence-electron chi connectivity index (χ0n) is 11.6. The van der Waals surface area contributed by atoms with Crippen LogP contribution in [0.4, 0.5) is 0 Å². The standard InChI is InChI=1S/C17H20ClNS/c18-15-7-4-6-14(12-15)13-19-10-3-1-2-8-16(19)17-9-5-11-20-17/h4-7,9,11-12,16H,1-3,8,10,13H2/t16-/m1/s1. The van der Waals surface area contributed by atoms with Gasteiger partial charge in [-0.1, -0.05) is 42.6 Å². The highest BCUT2D eigenvalue weighted by atomic mass is 35.5. The first-order valence-corrected chi connectivity index (χ1v) is 8.60. The van der Waals surface area contributed by atoms with Crippen LogP contribution in [0, 0.1) is 0 Å². The molecule has 0 amide bonds. The third-order valence-corrected chi connectivity index (χ3v) is 5.22. The minimum absolute atomic E-state index is 0.580. The maximum absolute atomic E-state index is 6.11. The summed E-state index contributed by atoms with van der Waals surface area (Å²) in [6.45, 7) is 2.19. The van der Waals surface area contributed by atoms with Gasteiger partial charge in [-0.15, -0.1) is 11.3 Å². The number of likely N-dealkylation sites (tertiary alicyclic amines) is 1. The molecule has 0 spiro atoms. The Morgan fingerprint density at radius 1 is 1.15 bits per heavy atom. The highest BCUT2D eigenvalue weighted by molar-refractivity contribution is 7.10. The lowest BCUT2D eigenvalue weighted by Crippen LogP contribution is -2.27. The van der Waals surface area contributed by atoms with Crippen molar-refractivity contribution in [2.75, 3.05) is 6.54 Å². The summed E-state index contributed by atoms with van der Waals surface area (Å²) in [6.07, 6.45) is 5.28. The molecule has 1 aliphatic heterocycles. The van der Waals surface area contributed by atoms with Crippen molar-refractivity contribution in [1.82, 2.24) is 4.90 Å². The zero-order chi connectivity index (χ0) is 13.8. The first kappa shape index (κ1) is 14.1. The van der Waals surface area contributed by atoms with E-state index in [1.165, 1.54) is 42.7 Å². The van der Waals surface area contributed by atoms with Gasteiger partial charge >= 0.3 is 0 Å². The van der Waals surface area contributed by atoms with Crippen molar-refractivity contribution >= 4 is 22.9 Å². The fourth-order valence-electron chi connectivity index (χ4n) is 3.03. The van der Waals surface area contributed by atoms with Gasteiger partial charge < -0.3 is 0 Å². The lowest BCUT2D eigenvalue weighted by atomic mass is 10.1. The molecule has 0 unspecified atom stereocenters. The van der Waals surface area contributed by atoms with Gasteiger partial charge in [0.1, 0.15) is 0 Å². The molecule has 1 atom stereocenters. The van der Waals surface area contributed by atoms with E-state index in [0.29, 0.717) is 6.04 Å². The molecule has 3 rings (SSSR count). The van der Waals surface area contributed by atoms with Gasteiger partial charge in [0.2, 0.25) is 0 Å². The molecule has 1 aromatic heterocycles. The van der Waals surface area contributed by atoms with Crippen LogP contribution in [-0.2, 0) is 6.54 Å². The lowest BCUT2D eigenvalue weighted by molar-refractivity contribution is 0.195. The van der Waals surface area contributed by atoms with E-state index >= 15 is 0 Å². The Bertz CT molecular complexity index is 538. The summed E-state index contributed by atoms with van der Waals surface area (Å²) < 4.78 is 0. The molecule has 0 aliphatic carbocycles. The molecular formula is C17H20ClNS.